The Kier molecular flexibility index (Phi) is 2.15. The van der Waals surface area contributed by atoms with E-state index in [1.807, 2.05) is 4.68 Å². The largest absolute Gasteiger partial charge is 0.383 e. The second-order valence-corrected chi connectivity index (χ2v) is 3.04. The molecule has 3 N–H and O–H groups in total. The lowest BCUT2D eigenvalue weighted by molar-refractivity contribution is 0.180. The zero-order valence-electron chi connectivity index (χ0n) is 7.53. The van der Waals surface area contributed by atoms with Crippen LogP contribution in [0.5, 0.6) is 0 Å². The van der Waals surface area contributed by atoms with Crippen molar-refractivity contribution >= 4 is 5.82 Å². The van der Waals surface area contributed by atoms with Crippen LogP contribution in [0.2, 0.25) is 0 Å². The number of rotatable bonds is 3. The number of fused-ring (bicyclic) bond motifs is 1. The van der Waals surface area contributed by atoms with Gasteiger partial charge in [-0.3, -0.25) is 0 Å². The standard InChI is InChI=1S/C7H13N5O/c1-13-4-5(8)6-7-9-2-3-12(7)11-10-6/h5,9H,2-4,8H2,1H3. The van der Waals surface area contributed by atoms with Gasteiger partial charge in [0.1, 0.15) is 11.5 Å². The quantitative estimate of drug-likeness (QED) is 0.651. The van der Waals surface area contributed by atoms with Gasteiger partial charge in [-0.2, -0.15) is 0 Å². The Balaban J connectivity index is 2.20. The van der Waals surface area contributed by atoms with Gasteiger partial charge < -0.3 is 15.8 Å². The predicted octanol–water partition coefficient (Wildman–Crippen LogP) is -0.650. The molecular formula is C7H13N5O. The number of ether oxygens (including phenoxy) is 1. The molecule has 1 unspecified atom stereocenters. The molecule has 1 aliphatic heterocycles. The molecule has 6 heteroatoms. The van der Waals surface area contributed by atoms with Crippen molar-refractivity contribution in [2.75, 3.05) is 25.6 Å². The van der Waals surface area contributed by atoms with Crippen molar-refractivity contribution in [3.8, 4) is 0 Å². The number of methoxy groups -OCH3 is 1. The molecule has 1 aromatic rings. The van der Waals surface area contributed by atoms with Crippen LogP contribution in [0.1, 0.15) is 11.7 Å². The smallest absolute Gasteiger partial charge is 0.149 e. The van der Waals surface area contributed by atoms with E-state index in [0.29, 0.717) is 6.61 Å². The van der Waals surface area contributed by atoms with E-state index in [-0.39, 0.29) is 6.04 Å². The van der Waals surface area contributed by atoms with Crippen molar-refractivity contribution in [2.24, 2.45) is 5.73 Å². The van der Waals surface area contributed by atoms with Crippen LogP contribution in [0.3, 0.4) is 0 Å². The Morgan fingerprint density at radius 1 is 1.77 bits per heavy atom. The summed E-state index contributed by atoms with van der Waals surface area (Å²) in [7, 11) is 1.62. The lowest BCUT2D eigenvalue weighted by Gasteiger charge is -2.07. The molecule has 1 aliphatic rings. The van der Waals surface area contributed by atoms with E-state index in [4.69, 9.17) is 10.5 Å². The number of anilines is 1. The number of nitrogens with zero attached hydrogens (tertiary/aromatic N) is 3. The van der Waals surface area contributed by atoms with Crippen LogP contribution in [0.4, 0.5) is 5.82 Å². The maximum Gasteiger partial charge on any atom is 0.149 e. The third-order valence-corrected chi connectivity index (χ3v) is 2.07. The first-order chi connectivity index (χ1) is 6.33. The van der Waals surface area contributed by atoms with Crippen LogP contribution in [-0.2, 0) is 11.3 Å². The van der Waals surface area contributed by atoms with E-state index in [0.717, 1.165) is 24.6 Å². The van der Waals surface area contributed by atoms with E-state index in [1.54, 1.807) is 7.11 Å². The average Bonchev–Trinajstić information content (AvgIpc) is 2.62. The third kappa shape index (κ3) is 1.38. The lowest BCUT2D eigenvalue weighted by Crippen LogP contribution is -2.17. The summed E-state index contributed by atoms with van der Waals surface area (Å²) >= 11 is 0. The third-order valence-electron chi connectivity index (χ3n) is 2.07. The van der Waals surface area contributed by atoms with Crippen LogP contribution >= 0.6 is 0 Å². The van der Waals surface area contributed by atoms with E-state index in [2.05, 4.69) is 15.6 Å². The molecule has 0 radical (unpaired) electrons. The SMILES string of the molecule is COCC(N)c1nnn2c1NCC2. The number of hydrogen-bond acceptors (Lipinski definition) is 5. The van der Waals surface area contributed by atoms with Gasteiger partial charge in [0.2, 0.25) is 0 Å². The first-order valence-corrected chi connectivity index (χ1v) is 4.24. The maximum atomic E-state index is 5.84. The van der Waals surface area contributed by atoms with Crippen LogP contribution in [0.25, 0.3) is 0 Å². The lowest BCUT2D eigenvalue weighted by atomic mass is 10.2. The highest BCUT2D eigenvalue weighted by atomic mass is 16.5. The van der Waals surface area contributed by atoms with Gasteiger partial charge >= 0.3 is 0 Å². The maximum absolute atomic E-state index is 5.84. The molecular weight excluding hydrogens is 170 g/mol. The summed E-state index contributed by atoms with van der Waals surface area (Å²) in [5, 5.41) is 11.2. The van der Waals surface area contributed by atoms with Crippen molar-refractivity contribution in [1.29, 1.82) is 0 Å². The molecule has 2 heterocycles. The van der Waals surface area contributed by atoms with E-state index < -0.39 is 0 Å². The van der Waals surface area contributed by atoms with Crippen molar-refractivity contribution < 1.29 is 4.74 Å². The Morgan fingerprint density at radius 3 is 3.38 bits per heavy atom. The minimum absolute atomic E-state index is 0.195. The van der Waals surface area contributed by atoms with Gasteiger partial charge in [0.05, 0.1) is 19.2 Å². The average molecular weight is 183 g/mol. The summed E-state index contributed by atoms with van der Waals surface area (Å²) in [5.74, 6) is 0.935. The molecule has 0 aromatic carbocycles. The van der Waals surface area contributed by atoms with Gasteiger partial charge in [-0.25, -0.2) is 4.68 Å². The normalized spacial score (nSPS) is 16.8. The minimum atomic E-state index is -0.195. The summed E-state index contributed by atoms with van der Waals surface area (Å²) in [4.78, 5) is 0. The number of nitrogens with one attached hydrogen (secondary N) is 1. The van der Waals surface area contributed by atoms with Gasteiger partial charge in [0.15, 0.2) is 0 Å². The second-order valence-electron chi connectivity index (χ2n) is 3.04. The van der Waals surface area contributed by atoms with Gasteiger partial charge in [0, 0.05) is 13.7 Å². The zero-order valence-corrected chi connectivity index (χ0v) is 7.53. The molecule has 0 fully saturated rings. The van der Waals surface area contributed by atoms with Crippen LogP contribution in [0, 0.1) is 0 Å². The molecule has 0 bridgehead atoms. The molecule has 72 valence electrons. The fraction of sp³-hybridized carbons (Fsp3) is 0.714. The van der Waals surface area contributed by atoms with Gasteiger partial charge in [-0.15, -0.1) is 5.10 Å². The van der Waals surface area contributed by atoms with E-state index in [1.165, 1.54) is 0 Å². The van der Waals surface area contributed by atoms with Gasteiger partial charge in [0.25, 0.3) is 0 Å². The number of hydrogen-bond donors (Lipinski definition) is 2. The van der Waals surface area contributed by atoms with Crippen LogP contribution in [-0.4, -0.2) is 35.3 Å². The molecule has 0 aliphatic carbocycles. The molecule has 2 rings (SSSR count). The van der Waals surface area contributed by atoms with Crippen molar-refractivity contribution in [1.82, 2.24) is 15.0 Å². The summed E-state index contributed by atoms with van der Waals surface area (Å²) in [6, 6.07) is -0.195. The molecule has 1 aromatic heterocycles. The molecule has 0 amide bonds. The van der Waals surface area contributed by atoms with E-state index in [9.17, 15) is 0 Å². The molecule has 6 nitrogen and oxygen atoms in total. The number of aromatic nitrogens is 3. The van der Waals surface area contributed by atoms with Crippen molar-refractivity contribution in [2.45, 2.75) is 12.6 Å². The summed E-state index contributed by atoms with van der Waals surface area (Å²) in [6.45, 7) is 2.23. The first-order valence-electron chi connectivity index (χ1n) is 4.24. The molecule has 13 heavy (non-hydrogen) atoms. The minimum Gasteiger partial charge on any atom is -0.383 e. The van der Waals surface area contributed by atoms with Crippen LogP contribution < -0.4 is 11.1 Å². The van der Waals surface area contributed by atoms with Crippen molar-refractivity contribution in [3.05, 3.63) is 5.69 Å². The Labute approximate surface area is 76.0 Å². The highest BCUT2D eigenvalue weighted by Gasteiger charge is 2.21. The zero-order chi connectivity index (χ0) is 9.26. The monoisotopic (exact) mass is 183 g/mol. The van der Waals surface area contributed by atoms with Crippen LogP contribution in [0.15, 0.2) is 0 Å². The Hall–Kier alpha value is -1.14. The highest BCUT2D eigenvalue weighted by molar-refractivity contribution is 5.44. The number of nitrogens with two attached hydrogens (primary N) is 1. The Morgan fingerprint density at radius 2 is 2.62 bits per heavy atom. The second kappa shape index (κ2) is 3.31. The fourth-order valence-electron chi connectivity index (χ4n) is 1.45. The summed E-state index contributed by atoms with van der Waals surface area (Å²) in [6.07, 6.45) is 0. The Bertz CT molecular complexity index is 297. The molecule has 1 atom stereocenters. The van der Waals surface area contributed by atoms with Crippen molar-refractivity contribution in [3.63, 3.8) is 0 Å². The highest BCUT2D eigenvalue weighted by Crippen LogP contribution is 2.21. The first kappa shape index (κ1) is 8.46. The topological polar surface area (TPSA) is 78.0 Å². The predicted molar refractivity (Wildman–Crippen MR) is 47.3 cm³/mol. The van der Waals surface area contributed by atoms with E-state index >= 15 is 0 Å². The summed E-state index contributed by atoms with van der Waals surface area (Å²) < 4.78 is 6.78. The van der Waals surface area contributed by atoms with Gasteiger partial charge in [-0.05, 0) is 0 Å². The molecule has 0 saturated carbocycles. The fourth-order valence-corrected chi connectivity index (χ4v) is 1.45. The molecule has 0 spiro atoms. The summed E-state index contributed by atoms with van der Waals surface area (Å²) in [5.41, 5.74) is 6.63. The molecule has 0 saturated heterocycles. The van der Waals surface area contributed by atoms with Gasteiger partial charge in [-0.1, -0.05) is 5.21 Å².